The van der Waals surface area contributed by atoms with Gasteiger partial charge >= 0.3 is 0 Å². The first-order valence-corrected chi connectivity index (χ1v) is 16.0. The first kappa shape index (κ1) is 29.3. The number of carbonyl (C=O) groups is 2. The second kappa shape index (κ2) is 14.1. The fourth-order valence-corrected chi connectivity index (χ4v) is 7.35. The van der Waals surface area contributed by atoms with E-state index in [-0.39, 0.29) is 11.8 Å². The second-order valence-electron chi connectivity index (χ2n) is 10.8. The molecule has 3 aliphatic heterocycles. The zero-order valence-electron chi connectivity index (χ0n) is 22.9. The molecule has 0 bridgehead atoms. The van der Waals surface area contributed by atoms with E-state index in [1.807, 2.05) is 17.0 Å². The van der Waals surface area contributed by atoms with Crippen LogP contribution in [0.2, 0.25) is 10.0 Å². The van der Waals surface area contributed by atoms with Crippen LogP contribution in [0.5, 0.6) is 0 Å². The van der Waals surface area contributed by atoms with E-state index in [0.717, 1.165) is 48.3 Å². The summed E-state index contributed by atoms with van der Waals surface area (Å²) in [6, 6.07) is 13.2. The standard InChI is InChI=1S/C31H38Cl2N4O2S/c32-30-23(10-12-28(38)34-15-5-19-37-18-4-8-29(37)39)9-11-27(31(30)33)40-26-7-3-6-25(22-26)36-20-13-24(14-21-36)35-16-1-2-17-35/h3,6-7,9-12,22,24H,1-2,4-5,8,13-21H2,(H,34,38)/b12-10+. The van der Waals surface area contributed by atoms with Crippen LogP contribution in [-0.2, 0) is 9.59 Å². The Bertz CT molecular complexity index is 1230. The Kier molecular flexibility index (Phi) is 10.3. The van der Waals surface area contributed by atoms with Crippen molar-refractivity contribution in [3.05, 3.63) is 58.1 Å². The molecule has 3 aliphatic rings. The molecule has 5 rings (SSSR count). The molecule has 6 nitrogen and oxygen atoms in total. The van der Waals surface area contributed by atoms with Gasteiger partial charge in [0.15, 0.2) is 0 Å². The van der Waals surface area contributed by atoms with Crippen LogP contribution in [0.15, 0.2) is 52.3 Å². The van der Waals surface area contributed by atoms with Crippen LogP contribution < -0.4 is 10.2 Å². The maximum Gasteiger partial charge on any atom is 0.244 e. The number of nitrogens with one attached hydrogen (secondary N) is 1. The summed E-state index contributed by atoms with van der Waals surface area (Å²) in [6.45, 7) is 6.75. The lowest BCUT2D eigenvalue weighted by atomic mass is 10.0. The van der Waals surface area contributed by atoms with Crippen LogP contribution in [-0.4, -0.2) is 73.5 Å². The average molecular weight is 602 g/mol. The zero-order valence-corrected chi connectivity index (χ0v) is 25.2. The Morgan fingerprint density at radius 1 is 1.00 bits per heavy atom. The Labute approximate surface area is 252 Å². The predicted octanol–water partition coefficient (Wildman–Crippen LogP) is 6.35. The minimum absolute atomic E-state index is 0.195. The molecule has 3 heterocycles. The highest BCUT2D eigenvalue weighted by molar-refractivity contribution is 7.99. The lowest BCUT2D eigenvalue weighted by Crippen LogP contribution is -2.43. The van der Waals surface area contributed by atoms with Crippen LogP contribution in [0, 0.1) is 0 Å². The molecule has 1 N–H and O–H groups in total. The Hall–Kier alpha value is -2.19. The molecule has 2 aromatic carbocycles. The highest BCUT2D eigenvalue weighted by atomic mass is 35.5. The van der Waals surface area contributed by atoms with Crippen molar-refractivity contribution < 1.29 is 9.59 Å². The van der Waals surface area contributed by atoms with Crippen molar-refractivity contribution in [1.82, 2.24) is 15.1 Å². The molecule has 0 saturated carbocycles. The molecule has 0 unspecified atom stereocenters. The van der Waals surface area contributed by atoms with Gasteiger partial charge in [0.1, 0.15) is 0 Å². The molecular weight excluding hydrogens is 563 g/mol. The molecule has 0 radical (unpaired) electrons. The summed E-state index contributed by atoms with van der Waals surface area (Å²) in [4.78, 5) is 33.0. The molecule has 0 aromatic heterocycles. The normalized spacial score (nSPS) is 18.8. The van der Waals surface area contributed by atoms with Crippen molar-refractivity contribution in [3.63, 3.8) is 0 Å². The number of piperidine rings is 1. The first-order valence-electron chi connectivity index (χ1n) is 14.5. The number of amides is 2. The van der Waals surface area contributed by atoms with Gasteiger partial charge in [0.2, 0.25) is 11.8 Å². The Morgan fingerprint density at radius 2 is 1.80 bits per heavy atom. The van der Waals surface area contributed by atoms with Gasteiger partial charge in [-0.1, -0.05) is 47.1 Å². The van der Waals surface area contributed by atoms with E-state index in [2.05, 4.69) is 39.4 Å². The molecule has 0 spiro atoms. The van der Waals surface area contributed by atoms with E-state index in [4.69, 9.17) is 23.2 Å². The number of benzene rings is 2. The minimum atomic E-state index is -0.195. The van der Waals surface area contributed by atoms with Gasteiger partial charge in [-0.2, -0.15) is 0 Å². The SMILES string of the molecule is O=C(/C=C/c1ccc(Sc2cccc(N3CCC(N4CCCC4)CC3)c2)c(Cl)c1Cl)NCCCN1CCCC1=O. The van der Waals surface area contributed by atoms with Crippen LogP contribution >= 0.6 is 35.0 Å². The third-order valence-electron chi connectivity index (χ3n) is 8.10. The maximum absolute atomic E-state index is 12.3. The smallest absolute Gasteiger partial charge is 0.244 e. The number of hydrogen-bond acceptors (Lipinski definition) is 5. The van der Waals surface area contributed by atoms with Gasteiger partial charge in [0.05, 0.1) is 10.0 Å². The maximum atomic E-state index is 12.3. The quantitative estimate of drug-likeness (QED) is 0.254. The third-order valence-corrected chi connectivity index (χ3v) is 10.2. The highest BCUT2D eigenvalue weighted by Crippen LogP contribution is 2.40. The number of rotatable bonds is 10. The number of likely N-dealkylation sites (tertiary alicyclic amines) is 2. The number of halogens is 2. The molecule has 0 aliphatic carbocycles. The summed E-state index contributed by atoms with van der Waals surface area (Å²) in [5, 5.41) is 3.79. The van der Waals surface area contributed by atoms with Crippen LogP contribution in [0.25, 0.3) is 6.08 Å². The number of anilines is 1. The van der Waals surface area contributed by atoms with Gasteiger partial charge in [-0.25, -0.2) is 0 Å². The van der Waals surface area contributed by atoms with Gasteiger partial charge in [-0.3, -0.25) is 9.59 Å². The predicted molar refractivity (Wildman–Crippen MR) is 166 cm³/mol. The van der Waals surface area contributed by atoms with E-state index in [0.29, 0.717) is 35.1 Å². The van der Waals surface area contributed by atoms with Gasteiger partial charge in [0.25, 0.3) is 0 Å². The van der Waals surface area contributed by atoms with Crippen molar-refractivity contribution in [2.75, 3.05) is 50.7 Å². The van der Waals surface area contributed by atoms with E-state index < -0.39 is 0 Å². The first-order chi connectivity index (χ1) is 19.5. The van der Waals surface area contributed by atoms with Crippen molar-refractivity contribution >= 4 is 58.5 Å². The topological polar surface area (TPSA) is 55.9 Å². The third kappa shape index (κ3) is 7.55. The lowest BCUT2D eigenvalue weighted by molar-refractivity contribution is -0.127. The van der Waals surface area contributed by atoms with Gasteiger partial charge < -0.3 is 20.0 Å². The van der Waals surface area contributed by atoms with Crippen molar-refractivity contribution in [2.45, 2.75) is 60.8 Å². The fourth-order valence-electron chi connectivity index (χ4n) is 5.87. The molecule has 214 valence electrons. The van der Waals surface area contributed by atoms with Crippen molar-refractivity contribution in [1.29, 1.82) is 0 Å². The Morgan fingerprint density at radius 3 is 2.55 bits per heavy atom. The minimum Gasteiger partial charge on any atom is -0.371 e. The van der Waals surface area contributed by atoms with Crippen molar-refractivity contribution in [3.8, 4) is 0 Å². The monoisotopic (exact) mass is 600 g/mol. The van der Waals surface area contributed by atoms with Gasteiger partial charge in [-0.15, -0.1) is 0 Å². The lowest BCUT2D eigenvalue weighted by Gasteiger charge is -2.38. The zero-order chi connectivity index (χ0) is 27.9. The molecule has 2 aromatic rings. The van der Waals surface area contributed by atoms with E-state index >= 15 is 0 Å². The Balaban J connectivity index is 1.12. The van der Waals surface area contributed by atoms with Crippen molar-refractivity contribution in [2.24, 2.45) is 0 Å². The second-order valence-corrected chi connectivity index (χ2v) is 12.7. The molecule has 2 amide bonds. The molecule has 3 saturated heterocycles. The largest absolute Gasteiger partial charge is 0.371 e. The fraction of sp³-hybridized carbons (Fsp3) is 0.484. The summed E-state index contributed by atoms with van der Waals surface area (Å²) in [5.41, 5.74) is 1.95. The number of carbonyl (C=O) groups excluding carboxylic acids is 2. The van der Waals surface area contributed by atoms with Crippen LogP contribution in [0.3, 0.4) is 0 Å². The molecule has 9 heteroatoms. The number of hydrogen-bond donors (Lipinski definition) is 1. The van der Waals surface area contributed by atoms with Gasteiger partial charge in [-0.05, 0) is 87.5 Å². The molecular formula is C31H38Cl2N4O2S. The number of nitrogens with zero attached hydrogens (tertiary/aromatic N) is 3. The summed E-state index contributed by atoms with van der Waals surface area (Å²) in [6.07, 6.45) is 10.6. The highest BCUT2D eigenvalue weighted by Gasteiger charge is 2.26. The average Bonchev–Trinajstić information content (AvgIpc) is 3.66. The van der Waals surface area contributed by atoms with Crippen LogP contribution in [0.1, 0.15) is 50.5 Å². The van der Waals surface area contributed by atoms with Crippen LogP contribution in [0.4, 0.5) is 5.69 Å². The molecule has 40 heavy (non-hydrogen) atoms. The summed E-state index contributed by atoms with van der Waals surface area (Å²) in [7, 11) is 0. The van der Waals surface area contributed by atoms with E-state index in [9.17, 15) is 9.59 Å². The summed E-state index contributed by atoms with van der Waals surface area (Å²) >= 11 is 14.9. The molecule has 3 fully saturated rings. The van der Waals surface area contributed by atoms with E-state index in [1.165, 1.54) is 50.5 Å². The summed E-state index contributed by atoms with van der Waals surface area (Å²) in [5.74, 6) is 0.0136. The summed E-state index contributed by atoms with van der Waals surface area (Å²) < 4.78 is 0. The van der Waals surface area contributed by atoms with Gasteiger partial charge in [0, 0.05) is 66.7 Å². The van der Waals surface area contributed by atoms with E-state index in [1.54, 1.807) is 17.8 Å². The molecule has 0 atom stereocenters.